The van der Waals surface area contributed by atoms with Gasteiger partial charge in [-0.25, -0.2) is 4.39 Å². The lowest BCUT2D eigenvalue weighted by Gasteiger charge is -2.16. The summed E-state index contributed by atoms with van der Waals surface area (Å²) >= 11 is 5.72. The van der Waals surface area contributed by atoms with Gasteiger partial charge in [-0.05, 0) is 42.8 Å². The molecule has 0 aromatic heterocycles. The number of rotatable bonds is 5. The first-order chi connectivity index (χ1) is 13.5. The van der Waals surface area contributed by atoms with Gasteiger partial charge < -0.3 is 10.6 Å². The average Bonchev–Trinajstić information content (AvgIpc) is 2.68. The number of para-hydroxylation sites is 1. The molecule has 2 amide bonds. The van der Waals surface area contributed by atoms with Crippen molar-refractivity contribution in [3.63, 3.8) is 0 Å². The zero-order chi connectivity index (χ0) is 20.1. The van der Waals surface area contributed by atoms with E-state index in [1.807, 2.05) is 37.3 Å². The molecule has 3 aromatic rings. The van der Waals surface area contributed by atoms with E-state index >= 15 is 0 Å². The minimum atomic E-state index is -0.732. The van der Waals surface area contributed by atoms with Gasteiger partial charge in [-0.1, -0.05) is 54.1 Å². The maximum Gasteiger partial charge on any atom is 0.258 e. The summed E-state index contributed by atoms with van der Waals surface area (Å²) < 4.78 is 14.0. The number of hydrogen-bond acceptors (Lipinski definition) is 2. The Morgan fingerprint density at radius 3 is 2.29 bits per heavy atom. The average molecular weight is 397 g/mol. The third kappa shape index (κ3) is 4.56. The fourth-order valence-corrected chi connectivity index (χ4v) is 2.91. The number of benzene rings is 3. The van der Waals surface area contributed by atoms with Gasteiger partial charge in [0.15, 0.2) is 0 Å². The van der Waals surface area contributed by atoms with Gasteiger partial charge in [0, 0.05) is 5.02 Å². The van der Waals surface area contributed by atoms with Crippen LogP contribution in [0.1, 0.15) is 39.2 Å². The van der Waals surface area contributed by atoms with E-state index in [4.69, 9.17) is 11.6 Å². The molecule has 3 aromatic carbocycles. The smallest absolute Gasteiger partial charge is 0.258 e. The number of carbonyl (C=O) groups excluding carboxylic acids is 2. The highest BCUT2D eigenvalue weighted by atomic mass is 35.5. The Hall–Kier alpha value is -3.18. The molecule has 1 atom stereocenters. The van der Waals surface area contributed by atoms with Crippen molar-refractivity contribution < 1.29 is 14.0 Å². The van der Waals surface area contributed by atoms with E-state index in [0.717, 1.165) is 11.6 Å². The molecular weight excluding hydrogens is 379 g/mol. The molecule has 0 saturated carbocycles. The van der Waals surface area contributed by atoms with Crippen LogP contribution in [0.3, 0.4) is 0 Å². The van der Waals surface area contributed by atoms with Crippen molar-refractivity contribution in [2.24, 2.45) is 0 Å². The predicted molar refractivity (Wildman–Crippen MR) is 108 cm³/mol. The molecule has 0 aliphatic rings. The lowest BCUT2D eigenvalue weighted by atomic mass is 10.1. The van der Waals surface area contributed by atoms with E-state index in [1.54, 1.807) is 24.3 Å². The van der Waals surface area contributed by atoms with E-state index in [9.17, 15) is 14.0 Å². The van der Waals surface area contributed by atoms with Gasteiger partial charge in [-0.15, -0.1) is 0 Å². The maximum atomic E-state index is 14.0. The monoisotopic (exact) mass is 396 g/mol. The summed E-state index contributed by atoms with van der Waals surface area (Å²) in [6, 6.07) is 19.7. The molecule has 6 heteroatoms. The molecule has 0 fully saturated rings. The first-order valence-corrected chi connectivity index (χ1v) is 9.04. The van der Waals surface area contributed by atoms with Crippen LogP contribution in [0.4, 0.5) is 10.1 Å². The predicted octanol–water partition coefficient (Wildman–Crippen LogP) is 5.22. The third-order valence-corrected chi connectivity index (χ3v) is 4.48. The van der Waals surface area contributed by atoms with Crippen molar-refractivity contribution in [3.8, 4) is 0 Å². The molecule has 0 spiro atoms. The number of nitrogens with one attached hydrogen (secondary N) is 2. The summed E-state index contributed by atoms with van der Waals surface area (Å²) in [5, 5.41) is 5.70. The second-order valence-electron chi connectivity index (χ2n) is 6.23. The van der Waals surface area contributed by atoms with Crippen LogP contribution in [0, 0.1) is 5.82 Å². The Bertz CT molecular complexity index is 1010. The standard InChI is InChI=1S/C22H18ClFN2O2/c1-14(15-7-3-2-4-8-15)25-22(28)18-9-5-6-10-20(18)26-21(27)17-12-11-16(23)13-19(17)24/h2-14H,1H3,(H,25,28)(H,26,27)/t14-/m0/s1. The lowest BCUT2D eigenvalue weighted by molar-refractivity contribution is 0.0941. The maximum absolute atomic E-state index is 14.0. The molecule has 0 bridgehead atoms. The quantitative estimate of drug-likeness (QED) is 0.621. The fraction of sp³-hybridized carbons (Fsp3) is 0.0909. The molecule has 3 rings (SSSR count). The topological polar surface area (TPSA) is 58.2 Å². The van der Waals surface area contributed by atoms with Crippen molar-refractivity contribution in [1.82, 2.24) is 5.32 Å². The number of anilines is 1. The number of hydrogen-bond donors (Lipinski definition) is 2. The van der Waals surface area contributed by atoms with E-state index in [2.05, 4.69) is 10.6 Å². The van der Waals surface area contributed by atoms with Crippen molar-refractivity contribution in [1.29, 1.82) is 0 Å². The second-order valence-corrected chi connectivity index (χ2v) is 6.67. The Kier molecular flexibility index (Phi) is 6.06. The van der Waals surface area contributed by atoms with Gasteiger partial charge in [0.05, 0.1) is 22.9 Å². The Labute approximate surface area is 167 Å². The molecule has 0 saturated heterocycles. The molecule has 0 unspecified atom stereocenters. The largest absolute Gasteiger partial charge is 0.345 e. The molecule has 28 heavy (non-hydrogen) atoms. The van der Waals surface area contributed by atoms with Crippen LogP contribution in [0.15, 0.2) is 72.8 Å². The number of halogens is 2. The Morgan fingerprint density at radius 1 is 0.893 bits per heavy atom. The lowest BCUT2D eigenvalue weighted by Crippen LogP contribution is -2.28. The first kappa shape index (κ1) is 19.6. The van der Waals surface area contributed by atoms with Crippen LogP contribution >= 0.6 is 11.6 Å². The van der Waals surface area contributed by atoms with Crippen LogP contribution in [0.2, 0.25) is 5.02 Å². The molecule has 4 nitrogen and oxygen atoms in total. The van der Waals surface area contributed by atoms with E-state index in [-0.39, 0.29) is 28.1 Å². The Balaban J connectivity index is 1.79. The minimum Gasteiger partial charge on any atom is -0.345 e. The molecular formula is C22H18ClFN2O2. The van der Waals surface area contributed by atoms with Crippen LogP contribution in [-0.4, -0.2) is 11.8 Å². The summed E-state index contributed by atoms with van der Waals surface area (Å²) in [4.78, 5) is 25.2. The summed E-state index contributed by atoms with van der Waals surface area (Å²) in [6.45, 7) is 1.87. The zero-order valence-electron chi connectivity index (χ0n) is 15.1. The molecule has 0 heterocycles. The van der Waals surface area contributed by atoms with Crippen molar-refractivity contribution in [2.75, 3.05) is 5.32 Å². The van der Waals surface area contributed by atoms with Gasteiger partial charge in [-0.2, -0.15) is 0 Å². The van der Waals surface area contributed by atoms with Crippen molar-refractivity contribution in [3.05, 3.63) is 100 Å². The summed E-state index contributed by atoms with van der Waals surface area (Å²) in [5.41, 5.74) is 1.38. The Morgan fingerprint density at radius 2 is 1.57 bits per heavy atom. The normalized spacial score (nSPS) is 11.5. The second kappa shape index (κ2) is 8.67. The van der Waals surface area contributed by atoms with E-state index in [1.165, 1.54) is 12.1 Å². The molecule has 0 radical (unpaired) electrons. The van der Waals surface area contributed by atoms with Crippen LogP contribution in [0.5, 0.6) is 0 Å². The van der Waals surface area contributed by atoms with Crippen molar-refractivity contribution >= 4 is 29.1 Å². The minimum absolute atomic E-state index is 0.155. The molecule has 142 valence electrons. The summed E-state index contributed by atoms with van der Waals surface area (Å²) in [5.74, 6) is -1.74. The number of carbonyl (C=O) groups is 2. The van der Waals surface area contributed by atoms with Gasteiger partial charge in [0.2, 0.25) is 0 Å². The molecule has 0 aliphatic heterocycles. The summed E-state index contributed by atoms with van der Waals surface area (Å²) in [7, 11) is 0. The van der Waals surface area contributed by atoms with Gasteiger partial charge >= 0.3 is 0 Å². The highest BCUT2D eigenvalue weighted by molar-refractivity contribution is 6.30. The van der Waals surface area contributed by atoms with Gasteiger partial charge in [-0.3, -0.25) is 9.59 Å². The fourth-order valence-electron chi connectivity index (χ4n) is 2.75. The van der Waals surface area contributed by atoms with E-state index in [0.29, 0.717) is 5.69 Å². The third-order valence-electron chi connectivity index (χ3n) is 4.24. The van der Waals surface area contributed by atoms with Crippen LogP contribution in [0.25, 0.3) is 0 Å². The summed E-state index contributed by atoms with van der Waals surface area (Å²) in [6.07, 6.45) is 0. The SMILES string of the molecule is C[C@H](NC(=O)c1ccccc1NC(=O)c1ccc(Cl)cc1F)c1ccccc1. The van der Waals surface area contributed by atoms with Gasteiger partial charge in [0.25, 0.3) is 11.8 Å². The highest BCUT2D eigenvalue weighted by Gasteiger charge is 2.18. The van der Waals surface area contributed by atoms with Crippen LogP contribution in [-0.2, 0) is 0 Å². The number of amides is 2. The van der Waals surface area contributed by atoms with Gasteiger partial charge in [0.1, 0.15) is 5.82 Å². The van der Waals surface area contributed by atoms with Crippen LogP contribution < -0.4 is 10.6 Å². The molecule has 0 aliphatic carbocycles. The van der Waals surface area contributed by atoms with Crippen molar-refractivity contribution in [2.45, 2.75) is 13.0 Å². The highest BCUT2D eigenvalue weighted by Crippen LogP contribution is 2.20. The van der Waals surface area contributed by atoms with E-state index < -0.39 is 11.7 Å². The molecule has 2 N–H and O–H groups in total. The zero-order valence-corrected chi connectivity index (χ0v) is 15.8. The first-order valence-electron chi connectivity index (χ1n) is 8.67.